The Kier molecular flexibility index (Phi) is 4.39. The van der Waals surface area contributed by atoms with Crippen molar-refractivity contribution in [2.24, 2.45) is 0 Å². The minimum atomic E-state index is 0.0679. The summed E-state index contributed by atoms with van der Waals surface area (Å²) >= 11 is 7.81. The van der Waals surface area contributed by atoms with Gasteiger partial charge in [-0.1, -0.05) is 23.7 Å². The predicted octanol–water partition coefficient (Wildman–Crippen LogP) is 4.31. The highest BCUT2D eigenvalue weighted by atomic mass is 35.5. The highest BCUT2D eigenvalue weighted by molar-refractivity contribution is 7.10. The number of aromatic amines is 1. The van der Waals surface area contributed by atoms with E-state index in [0.717, 1.165) is 17.4 Å². The van der Waals surface area contributed by atoms with Crippen molar-refractivity contribution in [3.63, 3.8) is 0 Å². The van der Waals surface area contributed by atoms with E-state index in [4.69, 9.17) is 11.6 Å². The minimum Gasteiger partial charge on any atom is -0.347 e. The standard InChI is InChI=1S/C16H16ClN3S/c1-11-4-5-13(17)9-12(11)10-20-15(14-3-2-8-21-14)16-18-6-7-19-16/h2-9,15,20H,10H2,1H3,(H,18,19). The maximum atomic E-state index is 6.09. The molecule has 3 aromatic rings. The number of hydrogen-bond donors (Lipinski definition) is 2. The first-order valence-corrected chi connectivity index (χ1v) is 8.01. The Morgan fingerprint density at radius 3 is 3.00 bits per heavy atom. The number of hydrogen-bond acceptors (Lipinski definition) is 3. The summed E-state index contributed by atoms with van der Waals surface area (Å²) < 4.78 is 0. The summed E-state index contributed by atoms with van der Waals surface area (Å²) in [5.41, 5.74) is 2.44. The van der Waals surface area contributed by atoms with E-state index >= 15 is 0 Å². The number of halogens is 1. The van der Waals surface area contributed by atoms with Crippen molar-refractivity contribution in [3.05, 3.63) is 75.0 Å². The van der Waals surface area contributed by atoms with Crippen LogP contribution in [0.1, 0.15) is 27.9 Å². The summed E-state index contributed by atoms with van der Waals surface area (Å²) in [6.45, 7) is 2.84. The number of aromatic nitrogens is 2. The molecular formula is C16H16ClN3S. The topological polar surface area (TPSA) is 40.7 Å². The fraction of sp³-hybridized carbons (Fsp3) is 0.188. The number of imidazole rings is 1. The molecule has 1 aromatic carbocycles. The molecule has 0 aliphatic carbocycles. The molecular weight excluding hydrogens is 302 g/mol. The van der Waals surface area contributed by atoms with Crippen LogP contribution in [0.15, 0.2) is 48.1 Å². The van der Waals surface area contributed by atoms with E-state index in [1.54, 1.807) is 17.5 Å². The molecule has 0 fully saturated rings. The molecule has 0 saturated carbocycles. The average molecular weight is 318 g/mol. The Morgan fingerprint density at radius 1 is 1.38 bits per heavy atom. The summed E-state index contributed by atoms with van der Waals surface area (Å²) in [5.74, 6) is 0.928. The van der Waals surface area contributed by atoms with Gasteiger partial charge in [0.25, 0.3) is 0 Å². The number of benzene rings is 1. The van der Waals surface area contributed by atoms with Gasteiger partial charge in [0.1, 0.15) is 11.9 Å². The summed E-state index contributed by atoms with van der Waals surface area (Å²) in [6, 6.07) is 10.2. The Labute approximate surface area is 133 Å². The highest BCUT2D eigenvalue weighted by Crippen LogP contribution is 2.24. The highest BCUT2D eigenvalue weighted by Gasteiger charge is 2.17. The predicted molar refractivity (Wildman–Crippen MR) is 87.8 cm³/mol. The van der Waals surface area contributed by atoms with Crippen molar-refractivity contribution < 1.29 is 0 Å². The van der Waals surface area contributed by atoms with Crippen molar-refractivity contribution in [1.29, 1.82) is 0 Å². The van der Waals surface area contributed by atoms with Crippen LogP contribution in [0.4, 0.5) is 0 Å². The lowest BCUT2D eigenvalue weighted by molar-refractivity contribution is 0.587. The van der Waals surface area contributed by atoms with Gasteiger partial charge < -0.3 is 4.98 Å². The maximum Gasteiger partial charge on any atom is 0.128 e. The molecule has 0 aliphatic rings. The zero-order valence-electron chi connectivity index (χ0n) is 11.6. The van der Waals surface area contributed by atoms with Gasteiger partial charge in [0, 0.05) is 28.8 Å². The van der Waals surface area contributed by atoms with Crippen LogP contribution < -0.4 is 5.32 Å². The second-order valence-corrected chi connectivity index (χ2v) is 6.29. The molecule has 3 nitrogen and oxygen atoms in total. The first kappa shape index (κ1) is 14.3. The van der Waals surface area contributed by atoms with Crippen LogP contribution in [-0.4, -0.2) is 9.97 Å². The summed E-state index contributed by atoms with van der Waals surface area (Å²) in [7, 11) is 0. The summed E-state index contributed by atoms with van der Waals surface area (Å²) in [4.78, 5) is 8.82. The molecule has 1 atom stereocenters. The molecule has 21 heavy (non-hydrogen) atoms. The van der Waals surface area contributed by atoms with E-state index in [1.807, 2.05) is 24.4 Å². The lowest BCUT2D eigenvalue weighted by Gasteiger charge is -2.16. The van der Waals surface area contributed by atoms with E-state index in [1.165, 1.54) is 16.0 Å². The van der Waals surface area contributed by atoms with Gasteiger partial charge in [-0.3, -0.25) is 5.32 Å². The molecule has 2 N–H and O–H groups in total. The molecule has 0 bridgehead atoms. The minimum absolute atomic E-state index is 0.0679. The van der Waals surface area contributed by atoms with Gasteiger partial charge in [-0.05, 0) is 41.6 Å². The van der Waals surface area contributed by atoms with Crippen molar-refractivity contribution in [2.45, 2.75) is 19.5 Å². The molecule has 0 saturated heterocycles. The number of nitrogens with zero attached hydrogens (tertiary/aromatic N) is 1. The Morgan fingerprint density at radius 2 is 2.29 bits per heavy atom. The molecule has 108 valence electrons. The fourth-order valence-electron chi connectivity index (χ4n) is 2.27. The molecule has 5 heteroatoms. The van der Waals surface area contributed by atoms with Gasteiger partial charge in [0.15, 0.2) is 0 Å². The Hall–Kier alpha value is -1.62. The average Bonchev–Trinajstić information content (AvgIpc) is 3.16. The van der Waals surface area contributed by atoms with Gasteiger partial charge in [-0.25, -0.2) is 4.98 Å². The van der Waals surface area contributed by atoms with Crippen LogP contribution in [0.25, 0.3) is 0 Å². The van der Waals surface area contributed by atoms with Crippen molar-refractivity contribution in [3.8, 4) is 0 Å². The number of H-pyrrole nitrogens is 1. The van der Waals surface area contributed by atoms with E-state index in [-0.39, 0.29) is 6.04 Å². The zero-order chi connectivity index (χ0) is 14.7. The number of rotatable bonds is 5. The first-order chi connectivity index (χ1) is 10.2. The third-order valence-electron chi connectivity index (χ3n) is 3.43. The van der Waals surface area contributed by atoms with Crippen LogP contribution >= 0.6 is 22.9 Å². The number of thiophene rings is 1. The van der Waals surface area contributed by atoms with E-state index < -0.39 is 0 Å². The van der Waals surface area contributed by atoms with Crippen LogP contribution in [-0.2, 0) is 6.54 Å². The lowest BCUT2D eigenvalue weighted by atomic mass is 10.1. The van der Waals surface area contributed by atoms with E-state index in [9.17, 15) is 0 Å². The fourth-order valence-corrected chi connectivity index (χ4v) is 3.26. The van der Waals surface area contributed by atoms with E-state index in [0.29, 0.717) is 0 Å². The normalized spacial score (nSPS) is 12.5. The monoisotopic (exact) mass is 317 g/mol. The van der Waals surface area contributed by atoms with Crippen molar-refractivity contribution >= 4 is 22.9 Å². The second kappa shape index (κ2) is 6.43. The van der Waals surface area contributed by atoms with Gasteiger partial charge in [0.2, 0.25) is 0 Å². The smallest absolute Gasteiger partial charge is 0.128 e. The first-order valence-electron chi connectivity index (χ1n) is 6.75. The summed E-state index contributed by atoms with van der Waals surface area (Å²) in [6.07, 6.45) is 3.63. The molecule has 2 aromatic heterocycles. The van der Waals surface area contributed by atoms with Crippen LogP contribution in [0, 0.1) is 6.92 Å². The SMILES string of the molecule is Cc1ccc(Cl)cc1CNC(c1ncc[nH]1)c1cccs1. The van der Waals surface area contributed by atoms with Gasteiger partial charge in [-0.15, -0.1) is 11.3 Å². The quantitative estimate of drug-likeness (QED) is 0.736. The van der Waals surface area contributed by atoms with Gasteiger partial charge in [-0.2, -0.15) is 0 Å². The molecule has 0 amide bonds. The van der Waals surface area contributed by atoms with Crippen molar-refractivity contribution in [1.82, 2.24) is 15.3 Å². The van der Waals surface area contributed by atoms with Gasteiger partial charge in [0.05, 0.1) is 0 Å². The number of nitrogens with one attached hydrogen (secondary N) is 2. The van der Waals surface area contributed by atoms with Crippen LogP contribution in [0.5, 0.6) is 0 Å². The third-order valence-corrected chi connectivity index (χ3v) is 4.60. The molecule has 1 unspecified atom stereocenters. The van der Waals surface area contributed by atoms with Crippen LogP contribution in [0.3, 0.4) is 0 Å². The van der Waals surface area contributed by atoms with Crippen LogP contribution in [0.2, 0.25) is 5.02 Å². The van der Waals surface area contributed by atoms with Crippen molar-refractivity contribution in [2.75, 3.05) is 0 Å². The van der Waals surface area contributed by atoms with E-state index in [2.05, 4.69) is 39.7 Å². The molecule has 0 radical (unpaired) electrons. The van der Waals surface area contributed by atoms with Gasteiger partial charge >= 0.3 is 0 Å². The number of aryl methyl sites for hydroxylation is 1. The molecule has 0 aliphatic heterocycles. The second-order valence-electron chi connectivity index (χ2n) is 4.87. The maximum absolute atomic E-state index is 6.09. The molecule has 2 heterocycles. The lowest BCUT2D eigenvalue weighted by Crippen LogP contribution is -2.22. The Balaban J connectivity index is 1.81. The Bertz CT molecular complexity index is 658. The zero-order valence-corrected chi connectivity index (χ0v) is 13.2. The largest absolute Gasteiger partial charge is 0.347 e. The molecule has 3 rings (SSSR count). The molecule has 0 spiro atoms. The summed E-state index contributed by atoms with van der Waals surface area (Å²) in [5, 5.41) is 6.41. The third kappa shape index (κ3) is 3.35.